The van der Waals surface area contributed by atoms with Crippen LogP contribution in [0.2, 0.25) is 0 Å². The van der Waals surface area contributed by atoms with Gasteiger partial charge in [-0.05, 0) is 36.4 Å². The molecule has 0 aliphatic heterocycles. The van der Waals surface area contributed by atoms with E-state index >= 15 is 0 Å². The molecule has 10 heteroatoms. The van der Waals surface area contributed by atoms with E-state index in [1.807, 2.05) is 6.07 Å². The summed E-state index contributed by atoms with van der Waals surface area (Å²) in [4.78, 5) is 12.8. The molecule has 1 aromatic carbocycles. The van der Waals surface area contributed by atoms with Gasteiger partial charge in [0.1, 0.15) is 23.2 Å². The molecule has 0 bridgehead atoms. The topological polar surface area (TPSA) is 101 Å². The number of nitrogens with one attached hydrogen (secondary N) is 1. The summed E-state index contributed by atoms with van der Waals surface area (Å²) >= 11 is 0. The highest BCUT2D eigenvalue weighted by atomic mass is 19.3. The molecule has 1 N–H and O–H groups in total. The summed E-state index contributed by atoms with van der Waals surface area (Å²) in [5.74, 6) is 0.363. The van der Waals surface area contributed by atoms with Crippen LogP contribution in [0.3, 0.4) is 0 Å². The number of fused-ring (bicyclic) bond motifs is 1. The van der Waals surface area contributed by atoms with Crippen LogP contribution in [0.25, 0.3) is 16.9 Å². The van der Waals surface area contributed by atoms with Gasteiger partial charge in [0, 0.05) is 29.8 Å². The average molecular weight is 379 g/mol. The zero-order valence-electron chi connectivity index (χ0n) is 14.1. The molecule has 3 aromatic heterocycles. The number of hydrogen-bond acceptors (Lipinski definition) is 7. The number of rotatable bonds is 5. The maximum Gasteiger partial charge on any atom is 0.387 e. The first-order chi connectivity index (χ1) is 13.6. The summed E-state index contributed by atoms with van der Waals surface area (Å²) in [7, 11) is 0. The number of alkyl halides is 2. The molecule has 0 aliphatic rings. The van der Waals surface area contributed by atoms with Crippen LogP contribution < -0.4 is 10.1 Å². The van der Waals surface area contributed by atoms with Gasteiger partial charge in [-0.2, -0.15) is 19.0 Å². The summed E-state index contributed by atoms with van der Waals surface area (Å²) in [6, 6.07) is 11.3. The van der Waals surface area contributed by atoms with Crippen molar-refractivity contribution < 1.29 is 13.5 Å². The van der Waals surface area contributed by atoms with Crippen LogP contribution in [-0.2, 0) is 0 Å². The van der Waals surface area contributed by atoms with Crippen molar-refractivity contribution in [2.24, 2.45) is 0 Å². The van der Waals surface area contributed by atoms with Crippen molar-refractivity contribution >= 4 is 17.3 Å². The van der Waals surface area contributed by atoms with Gasteiger partial charge in [-0.15, -0.1) is 5.10 Å². The maximum absolute atomic E-state index is 12.2. The summed E-state index contributed by atoms with van der Waals surface area (Å²) in [5.41, 5.74) is 2.65. The van der Waals surface area contributed by atoms with E-state index in [2.05, 4.69) is 30.1 Å². The Kier molecular flexibility index (Phi) is 4.47. The van der Waals surface area contributed by atoms with Gasteiger partial charge in [0.2, 0.25) is 5.95 Å². The first-order valence-corrected chi connectivity index (χ1v) is 8.02. The van der Waals surface area contributed by atoms with E-state index in [0.717, 1.165) is 0 Å². The lowest BCUT2D eigenvalue weighted by Gasteiger charge is -2.05. The third kappa shape index (κ3) is 3.54. The average Bonchev–Trinajstić information content (AvgIpc) is 3.11. The first kappa shape index (κ1) is 17.3. The fourth-order valence-electron chi connectivity index (χ4n) is 2.52. The van der Waals surface area contributed by atoms with Gasteiger partial charge in [-0.25, -0.2) is 9.50 Å². The van der Waals surface area contributed by atoms with Crippen molar-refractivity contribution in [3.05, 3.63) is 60.7 Å². The second kappa shape index (κ2) is 7.24. The minimum absolute atomic E-state index is 0.0586. The van der Waals surface area contributed by atoms with Crippen molar-refractivity contribution in [1.82, 2.24) is 24.6 Å². The highest BCUT2D eigenvalue weighted by Gasteiger charge is 2.12. The van der Waals surface area contributed by atoms with Gasteiger partial charge in [0.05, 0.1) is 0 Å². The number of halogens is 2. The molecule has 0 saturated carbocycles. The quantitative estimate of drug-likeness (QED) is 0.567. The van der Waals surface area contributed by atoms with Crippen molar-refractivity contribution in [1.29, 1.82) is 5.26 Å². The molecule has 0 amide bonds. The van der Waals surface area contributed by atoms with Crippen LogP contribution in [0.1, 0.15) is 5.69 Å². The standard InChI is InChI=1S/C18H11F2N7O/c19-17(20)28-14-5-3-12(4-6-14)24-18-25-16-15(22-7-8-27(16)26-18)11-1-2-13(9-21)23-10-11/h1-8,10,17H,(H,24,26). The summed E-state index contributed by atoms with van der Waals surface area (Å²) in [6.07, 6.45) is 4.77. The van der Waals surface area contributed by atoms with Crippen molar-refractivity contribution in [2.75, 3.05) is 5.32 Å². The molecule has 3 heterocycles. The maximum atomic E-state index is 12.2. The monoisotopic (exact) mass is 379 g/mol. The number of nitriles is 1. The number of aromatic nitrogens is 5. The summed E-state index contributed by atoms with van der Waals surface area (Å²) in [5, 5.41) is 16.2. The van der Waals surface area contributed by atoms with Crippen LogP contribution in [0.5, 0.6) is 5.75 Å². The minimum atomic E-state index is -2.87. The Labute approximate surface area is 157 Å². The number of hydrogen-bond donors (Lipinski definition) is 1. The van der Waals surface area contributed by atoms with E-state index in [9.17, 15) is 8.78 Å². The molecule has 0 saturated heterocycles. The second-order valence-electron chi connectivity index (χ2n) is 5.55. The van der Waals surface area contributed by atoms with E-state index < -0.39 is 6.61 Å². The van der Waals surface area contributed by atoms with Gasteiger partial charge < -0.3 is 10.1 Å². The molecule has 0 aliphatic carbocycles. The van der Waals surface area contributed by atoms with Crippen LogP contribution in [-0.4, -0.2) is 31.2 Å². The third-order valence-corrected chi connectivity index (χ3v) is 3.74. The Bertz CT molecular complexity index is 1150. The Hall–Kier alpha value is -4.13. The van der Waals surface area contributed by atoms with Gasteiger partial charge in [0.15, 0.2) is 5.65 Å². The second-order valence-corrected chi connectivity index (χ2v) is 5.55. The molecule has 0 fully saturated rings. The predicted molar refractivity (Wildman–Crippen MR) is 95.1 cm³/mol. The number of benzene rings is 1. The van der Waals surface area contributed by atoms with Gasteiger partial charge in [-0.3, -0.25) is 4.98 Å². The van der Waals surface area contributed by atoms with E-state index in [1.165, 1.54) is 12.1 Å². The Morgan fingerprint density at radius 2 is 1.93 bits per heavy atom. The van der Waals surface area contributed by atoms with E-state index in [0.29, 0.717) is 34.2 Å². The molecule has 8 nitrogen and oxygen atoms in total. The van der Waals surface area contributed by atoms with Gasteiger partial charge in [-0.1, -0.05) is 0 Å². The lowest BCUT2D eigenvalue weighted by atomic mass is 10.2. The SMILES string of the molecule is N#Cc1ccc(-c2nccn3nc(Nc4ccc(OC(F)F)cc4)nc23)cn1. The van der Waals surface area contributed by atoms with E-state index in [-0.39, 0.29) is 5.75 Å². The zero-order valence-corrected chi connectivity index (χ0v) is 14.1. The molecule has 0 spiro atoms. The lowest BCUT2D eigenvalue weighted by molar-refractivity contribution is -0.0498. The van der Waals surface area contributed by atoms with E-state index in [4.69, 9.17) is 5.26 Å². The number of nitrogens with zero attached hydrogens (tertiary/aromatic N) is 6. The third-order valence-electron chi connectivity index (χ3n) is 3.74. The van der Waals surface area contributed by atoms with Crippen molar-refractivity contribution in [2.45, 2.75) is 6.61 Å². The molecular weight excluding hydrogens is 368 g/mol. The molecule has 4 rings (SSSR count). The summed E-state index contributed by atoms with van der Waals surface area (Å²) < 4.78 is 30.3. The van der Waals surface area contributed by atoms with Crippen LogP contribution in [0.15, 0.2) is 55.0 Å². The highest BCUT2D eigenvalue weighted by Crippen LogP contribution is 2.23. The Balaban J connectivity index is 1.62. The fraction of sp³-hybridized carbons (Fsp3) is 0.0556. The Morgan fingerprint density at radius 3 is 2.61 bits per heavy atom. The van der Waals surface area contributed by atoms with Crippen LogP contribution in [0.4, 0.5) is 20.4 Å². The van der Waals surface area contributed by atoms with Crippen LogP contribution in [0, 0.1) is 11.3 Å². The molecule has 0 atom stereocenters. The highest BCUT2D eigenvalue weighted by molar-refractivity contribution is 5.74. The normalized spacial score (nSPS) is 10.8. The van der Waals surface area contributed by atoms with Crippen molar-refractivity contribution in [3.8, 4) is 23.1 Å². The lowest BCUT2D eigenvalue weighted by Crippen LogP contribution is -2.01. The van der Waals surface area contributed by atoms with Gasteiger partial charge >= 0.3 is 6.61 Å². The molecule has 28 heavy (non-hydrogen) atoms. The van der Waals surface area contributed by atoms with Crippen molar-refractivity contribution in [3.63, 3.8) is 0 Å². The van der Waals surface area contributed by atoms with Crippen LogP contribution >= 0.6 is 0 Å². The molecule has 4 aromatic rings. The number of pyridine rings is 1. The number of anilines is 2. The fourth-order valence-corrected chi connectivity index (χ4v) is 2.52. The Morgan fingerprint density at radius 1 is 1.11 bits per heavy atom. The molecular formula is C18H11F2N7O. The first-order valence-electron chi connectivity index (χ1n) is 8.02. The largest absolute Gasteiger partial charge is 0.435 e. The minimum Gasteiger partial charge on any atom is -0.435 e. The summed E-state index contributed by atoms with van der Waals surface area (Å²) in [6.45, 7) is -2.87. The molecule has 138 valence electrons. The molecule has 0 radical (unpaired) electrons. The predicted octanol–water partition coefficient (Wildman–Crippen LogP) is 3.40. The smallest absolute Gasteiger partial charge is 0.387 e. The van der Waals surface area contributed by atoms with E-state index in [1.54, 1.807) is 47.4 Å². The molecule has 0 unspecified atom stereocenters. The zero-order chi connectivity index (χ0) is 19.5. The number of ether oxygens (including phenoxy) is 1. The van der Waals surface area contributed by atoms with Gasteiger partial charge in [0.25, 0.3) is 0 Å².